The van der Waals surface area contributed by atoms with E-state index in [0.29, 0.717) is 151 Å². The van der Waals surface area contributed by atoms with E-state index in [9.17, 15) is 0 Å². The molecule has 0 saturated carbocycles. The molecule has 0 aromatic heterocycles. The highest BCUT2D eigenvalue weighted by Crippen LogP contribution is 2.04. The summed E-state index contributed by atoms with van der Waals surface area (Å²) in [7, 11) is 0. The second-order valence-electron chi connectivity index (χ2n) is 11.1. The van der Waals surface area contributed by atoms with E-state index in [2.05, 4.69) is 20.8 Å². The van der Waals surface area contributed by atoms with Crippen LogP contribution in [0.5, 0.6) is 0 Å². The Labute approximate surface area is 287 Å². The minimum Gasteiger partial charge on any atom is -0.379 e. The van der Waals surface area contributed by atoms with Crippen LogP contribution < -0.4 is 0 Å². The van der Waals surface area contributed by atoms with Crippen molar-refractivity contribution < 1.29 is 56.8 Å². The first-order chi connectivity index (χ1) is 23.3. The first kappa shape index (κ1) is 46.5. The highest BCUT2D eigenvalue weighted by Gasteiger charge is 1.99. The number of unbranched alkanes of at least 4 members (excludes halogenated alkanes) is 5. The van der Waals surface area contributed by atoms with Gasteiger partial charge >= 0.3 is 0 Å². The molecule has 0 aromatic rings. The molecule has 1 atom stereocenters. The van der Waals surface area contributed by atoms with Crippen LogP contribution >= 0.6 is 0 Å². The van der Waals surface area contributed by atoms with E-state index in [1.807, 2.05) is 0 Å². The van der Waals surface area contributed by atoms with Crippen LogP contribution in [0.25, 0.3) is 0 Å². The normalized spacial score (nSPS) is 12.3. The maximum atomic E-state index is 5.59. The van der Waals surface area contributed by atoms with E-state index < -0.39 is 0 Å². The molecule has 0 spiro atoms. The maximum absolute atomic E-state index is 5.59. The Kier molecular flexibility index (Phi) is 43.1. The molecule has 284 valence electrons. The lowest BCUT2D eigenvalue weighted by Gasteiger charge is -2.10. The van der Waals surface area contributed by atoms with Gasteiger partial charge in [0.15, 0.2) is 0 Å². The fraction of sp³-hybridized carbons (Fsp3) is 1.00. The molecule has 0 rings (SSSR count). The summed E-state index contributed by atoms with van der Waals surface area (Å²) in [5, 5.41) is 0. The van der Waals surface area contributed by atoms with Crippen molar-refractivity contribution in [2.24, 2.45) is 5.92 Å². The average molecular weight is 685 g/mol. The van der Waals surface area contributed by atoms with Crippen molar-refractivity contribution in [2.75, 3.05) is 159 Å². The Bertz CT molecular complexity index is 547. The van der Waals surface area contributed by atoms with Crippen LogP contribution in [0.2, 0.25) is 0 Å². The molecule has 0 heterocycles. The Morgan fingerprint density at radius 2 is 0.511 bits per heavy atom. The molecule has 0 fully saturated rings. The number of hydrogen-bond donors (Lipinski definition) is 0. The summed E-state index contributed by atoms with van der Waals surface area (Å²) in [4.78, 5) is 0. The zero-order chi connectivity index (χ0) is 34.0. The topological polar surface area (TPSA) is 111 Å². The van der Waals surface area contributed by atoms with E-state index in [0.717, 1.165) is 26.1 Å². The highest BCUT2D eigenvalue weighted by atomic mass is 16.6. The van der Waals surface area contributed by atoms with Gasteiger partial charge in [0.05, 0.1) is 145 Å². The van der Waals surface area contributed by atoms with E-state index in [1.54, 1.807) is 0 Å². The number of ether oxygens (including phenoxy) is 12. The average Bonchev–Trinajstić information content (AvgIpc) is 3.08. The van der Waals surface area contributed by atoms with Crippen molar-refractivity contribution in [1.82, 2.24) is 0 Å². The number of hydrogen-bond acceptors (Lipinski definition) is 12. The zero-order valence-corrected chi connectivity index (χ0v) is 30.4. The zero-order valence-electron chi connectivity index (χ0n) is 30.4. The van der Waals surface area contributed by atoms with Crippen molar-refractivity contribution in [3.05, 3.63) is 0 Å². The SMILES string of the molecule is CCCCCCCCOCCOCCOCCOCCOCCOCCOCCOCCOCCOCCOCCOCC(C)CC. The van der Waals surface area contributed by atoms with E-state index in [4.69, 9.17) is 56.8 Å². The van der Waals surface area contributed by atoms with Crippen LogP contribution in [0.15, 0.2) is 0 Å². The first-order valence-electron chi connectivity index (χ1n) is 18.2. The Hall–Kier alpha value is -0.480. The standard InChI is InChI=1S/C35H72O12/c1-4-6-7-8-9-10-11-36-12-13-37-14-15-38-16-17-39-18-19-40-20-21-41-22-23-42-24-25-43-26-27-44-28-29-45-30-31-46-32-33-47-34-35(3)5-2/h35H,4-34H2,1-3H3. The summed E-state index contributed by atoms with van der Waals surface area (Å²) in [5.41, 5.74) is 0. The minimum atomic E-state index is 0.521. The summed E-state index contributed by atoms with van der Waals surface area (Å²) in [5.74, 6) is 0.599. The second kappa shape index (κ2) is 43.5. The maximum Gasteiger partial charge on any atom is 0.0701 e. The summed E-state index contributed by atoms with van der Waals surface area (Å²) < 4.78 is 66.1. The van der Waals surface area contributed by atoms with Gasteiger partial charge in [-0.1, -0.05) is 59.3 Å². The molecule has 12 nitrogen and oxygen atoms in total. The van der Waals surface area contributed by atoms with Crippen LogP contribution in [-0.4, -0.2) is 159 Å². The van der Waals surface area contributed by atoms with Gasteiger partial charge < -0.3 is 56.8 Å². The molecule has 0 amide bonds. The predicted molar refractivity (Wildman–Crippen MR) is 183 cm³/mol. The van der Waals surface area contributed by atoms with Gasteiger partial charge in [-0.3, -0.25) is 0 Å². The van der Waals surface area contributed by atoms with Gasteiger partial charge in [0, 0.05) is 13.2 Å². The lowest BCUT2D eigenvalue weighted by atomic mass is 10.1. The molecule has 12 heteroatoms. The van der Waals surface area contributed by atoms with Crippen LogP contribution in [0.4, 0.5) is 0 Å². The number of rotatable bonds is 43. The van der Waals surface area contributed by atoms with Crippen molar-refractivity contribution in [3.8, 4) is 0 Å². The van der Waals surface area contributed by atoms with Crippen LogP contribution in [-0.2, 0) is 56.8 Å². The summed E-state index contributed by atoms with van der Waals surface area (Å²) in [6, 6.07) is 0. The lowest BCUT2D eigenvalue weighted by Crippen LogP contribution is -2.15. The minimum absolute atomic E-state index is 0.521. The van der Waals surface area contributed by atoms with Crippen LogP contribution in [0.3, 0.4) is 0 Å². The monoisotopic (exact) mass is 685 g/mol. The molecule has 0 bridgehead atoms. The first-order valence-corrected chi connectivity index (χ1v) is 18.2. The van der Waals surface area contributed by atoms with Crippen molar-refractivity contribution >= 4 is 0 Å². The Balaban J connectivity index is 3.05. The van der Waals surface area contributed by atoms with Gasteiger partial charge in [0.25, 0.3) is 0 Å². The highest BCUT2D eigenvalue weighted by molar-refractivity contribution is 4.46. The molecule has 0 aliphatic heterocycles. The molecule has 1 unspecified atom stereocenters. The van der Waals surface area contributed by atoms with Crippen LogP contribution in [0, 0.1) is 5.92 Å². The molecule has 0 aliphatic rings. The molecular weight excluding hydrogens is 612 g/mol. The van der Waals surface area contributed by atoms with Gasteiger partial charge in [0.2, 0.25) is 0 Å². The molecule has 0 aliphatic carbocycles. The molecular formula is C35H72O12. The third-order valence-corrected chi connectivity index (χ3v) is 6.83. The largest absolute Gasteiger partial charge is 0.379 e. The molecule has 47 heavy (non-hydrogen) atoms. The molecule has 0 saturated heterocycles. The predicted octanol–water partition coefficient (Wildman–Crippen LogP) is 4.59. The smallest absolute Gasteiger partial charge is 0.0701 e. The quantitative estimate of drug-likeness (QED) is 0.0838. The fourth-order valence-corrected chi connectivity index (χ4v) is 3.81. The molecule has 0 radical (unpaired) electrons. The van der Waals surface area contributed by atoms with Gasteiger partial charge in [-0.05, 0) is 12.3 Å². The van der Waals surface area contributed by atoms with E-state index in [1.165, 1.54) is 32.1 Å². The second-order valence-corrected chi connectivity index (χ2v) is 11.1. The lowest BCUT2D eigenvalue weighted by molar-refractivity contribution is -0.0286. The van der Waals surface area contributed by atoms with Gasteiger partial charge in [-0.25, -0.2) is 0 Å². The van der Waals surface area contributed by atoms with Crippen molar-refractivity contribution in [3.63, 3.8) is 0 Å². The van der Waals surface area contributed by atoms with Crippen molar-refractivity contribution in [1.29, 1.82) is 0 Å². The third-order valence-electron chi connectivity index (χ3n) is 6.83. The third kappa shape index (κ3) is 43.5. The summed E-state index contributed by atoms with van der Waals surface area (Å²) in [6.45, 7) is 20.4. The summed E-state index contributed by atoms with van der Waals surface area (Å²) >= 11 is 0. The Morgan fingerprint density at radius 1 is 0.277 bits per heavy atom. The van der Waals surface area contributed by atoms with Gasteiger partial charge in [-0.15, -0.1) is 0 Å². The molecule has 0 aromatic carbocycles. The van der Waals surface area contributed by atoms with E-state index in [-0.39, 0.29) is 0 Å². The summed E-state index contributed by atoms with van der Waals surface area (Å²) in [6.07, 6.45) is 8.82. The van der Waals surface area contributed by atoms with Gasteiger partial charge in [0.1, 0.15) is 0 Å². The van der Waals surface area contributed by atoms with Gasteiger partial charge in [-0.2, -0.15) is 0 Å². The van der Waals surface area contributed by atoms with E-state index >= 15 is 0 Å². The fourth-order valence-electron chi connectivity index (χ4n) is 3.81. The molecule has 0 N–H and O–H groups in total. The van der Waals surface area contributed by atoms with Crippen LogP contribution in [0.1, 0.15) is 65.7 Å². The Morgan fingerprint density at radius 3 is 0.787 bits per heavy atom. The van der Waals surface area contributed by atoms with Crippen molar-refractivity contribution in [2.45, 2.75) is 65.7 Å².